The molecule has 0 spiro atoms. The number of carbonyl (C=O) groups is 1. The van der Waals surface area contributed by atoms with Crippen molar-refractivity contribution in [3.05, 3.63) is 47.6 Å². The summed E-state index contributed by atoms with van der Waals surface area (Å²) in [7, 11) is 0. The highest BCUT2D eigenvalue weighted by molar-refractivity contribution is 5.92. The van der Waals surface area contributed by atoms with Crippen LogP contribution in [-0.2, 0) is 12.7 Å². The highest BCUT2D eigenvalue weighted by Crippen LogP contribution is 2.42. The maximum absolute atomic E-state index is 13.3. The fraction of sp³-hybridized carbons (Fsp3) is 0.421. The standard InChI is InChI=1S/C19H15F7N6O/c20-14(21)7-32-12-3-13(19(24,25)26)29-4-9(12)30-17(32)15(8-1-2-8)31-18(33)11-6-27-10(5-28-11)16(22)23/h3-6,8,14-16H,1-2,7H2,(H,31,33)/t15-/m0/s1. The van der Waals surface area contributed by atoms with E-state index >= 15 is 0 Å². The Morgan fingerprint density at radius 3 is 2.36 bits per heavy atom. The van der Waals surface area contributed by atoms with E-state index in [1.165, 1.54) is 0 Å². The number of nitrogens with one attached hydrogen (secondary N) is 1. The first kappa shape index (κ1) is 22.9. The Labute approximate surface area is 181 Å². The van der Waals surface area contributed by atoms with Gasteiger partial charge in [0, 0.05) is 0 Å². The summed E-state index contributed by atoms with van der Waals surface area (Å²) in [4.78, 5) is 27.2. The molecule has 14 heteroatoms. The molecule has 0 aromatic carbocycles. The third-order valence-corrected chi connectivity index (χ3v) is 5.06. The van der Waals surface area contributed by atoms with Crippen molar-refractivity contribution < 1.29 is 35.5 Å². The number of rotatable bonds is 7. The topological polar surface area (TPSA) is 85.6 Å². The lowest BCUT2D eigenvalue weighted by Gasteiger charge is -2.19. The average molecular weight is 476 g/mol. The van der Waals surface area contributed by atoms with Gasteiger partial charge in [-0.3, -0.25) is 9.78 Å². The summed E-state index contributed by atoms with van der Waals surface area (Å²) in [5.74, 6) is -1.07. The lowest BCUT2D eigenvalue weighted by atomic mass is 10.1. The van der Waals surface area contributed by atoms with E-state index in [4.69, 9.17) is 0 Å². The first-order valence-electron chi connectivity index (χ1n) is 9.67. The molecule has 3 heterocycles. The Morgan fingerprint density at radius 1 is 1.09 bits per heavy atom. The fourth-order valence-corrected chi connectivity index (χ4v) is 3.38. The Morgan fingerprint density at radius 2 is 1.82 bits per heavy atom. The number of imidazole rings is 1. The number of aromatic nitrogens is 5. The van der Waals surface area contributed by atoms with Gasteiger partial charge in [0.2, 0.25) is 0 Å². The van der Waals surface area contributed by atoms with Crippen molar-refractivity contribution in [1.82, 2.24) is 29.8 Å². The molecular formula is C19H15F7N6O. The van der Waals surface area contributed by atoms with E-state index in [-0.39, 0.29) is 28.5 Å². The van der Waals surface area contributed by atoms with Crippen LogP contribution in [0.5, 0.6) is 0 Å². The van der Waals surface area contributed by atoms with Crippen LogP contribution in [0.15, 0.2) is 24.7 Å². The molecule has 1 aliphatic rings. The minimum absolute atomic E-state index is 0.0420. The van der Waals surface area contributed by atoms with Gasteiger partial charge in [0.1, 0.15) is 28.4 Å². The highest BCUT2D eigenvalue weighted by Gasteiger charge is 2.38. The molecule has 1 saturated carbocycles. The number of carbonyl (C=O) groups excluding carboxylic acids is 1. The number of hydrogen-bond acceptors (Lipinski definition) is 5. The molecule has 1 fully saturated rings. The van der Waals surface area contributed by atoms with Crippen LogP contribution in [0.4, 0.5) is 30.7 Å². The molecule has 0 bridgehead atoms. The van der Waals surface area contributed by atoms with Crippen LogP contribution >= 0.6 is 0 Å². The highest BCUT2D eigenvalue weighted by atomic mass is 19.4. The summed E-state index contributed by atoms with van der Waals surface area (Å²) in [5, 5.41) is 2.58. The Hall–Kier alpha value is -3.32. The van der Waals surface area contributed by atoms with Crippen molar-refractivity contribution >= 4 is 16.9 Å². The summed E-state index contributed by atoms with van der Waals surface area (Å²) in [6.45, 7) is -0.949. The van der Waals surface area contributed by atoms with Gasteiger partial charge in [0.05, 0.1) is 36.7 Å². The minimum Gasteiger partial charge on any atom is -0.340 e. The Bertz CT molecular complexity index is 1160. The lowest BCUT2D eigenvalue weighted by molar-refractivity contribution is -0.141. The predicted molar refractivity (Wildman–Crippen MR) is 98.5 cm³/mol. The number of nitrogens with zero attached hydrogens (tertiary/aromatic N) is 5. The van der Waals surface area contributed by atoms with Crippen LogP contribution in [-0.4, -0.2) is 36.8 Å². The normalized spacial score (nSPS) is 15.4. The van der Waals surface area contributed by atoms with Gasteiger partial charge in [0.15, 0.2) is 0 Å². The lowest BCUT2D eigenvalue weighted by Crippen LogP contribution is -2.33. The summed E-state index contributed by atoms with van der Waals surface area (Å²) in [6.07, 6.45) is -6.92. The first-order valence-corrected chi connectivity index (χ1v) is 9.67. The van der Waals surface area contributed by atoms with Crippen molar-refractivity contribution in [1.29, 1.82) is 0 Å². The second kappa shape index (κ2) is 8.56. The predicted octanol–water partition coefficient (Wildman–Crippen LogP) is 4.32. The SMILES string of the molecule is O=C(N[C@H](c1nc2cnc(C(F)(F)F)cc2n1CC(F)F)C1CC1)c1cnc(C(F)F)cn1. The van der Waals surface area contributed by atoms with Gasteiger partial charge in [-0.1, -0.05) is 0 Å². The second-order valence-corrected chi connectivity index (χ2v) is 7.44. The zero-order valence-corrected chi connectivity index (χ0v) is 16.5. The van der Waals surface area contributed by atoms with E-state index in [2.05, 4.69) is 25.3 Å². The third-order valence-electron chi connectivity index (χ3n) is 5.06. The zero-order chi connectivity index (χ0) is 23.9. The van der Waals surface area contributed by atoms with Gasteiger partial charge >= 0.3 is 6.18 Å². The molecule has 1 N–H and O–H groups in total. The first-order chi connectivity index (χ1) is 15.5. The molecule has 7 nitrogen and oxygen atoms in total. The molecule has 1 aliphatic carbocycles. The van der Waals surface area contributed by atoms with Crippen LogP contribution in [0.1, 0.15) is 53.0 Å². The van der Waals surface area contributed by atoms with E-state index in [0.717, 1.165) is 23.2 Å². The number of pyridine rings is 1. The van der Waals surface area contributed by atoms with E-state index in [9.17, 15) is 35.5 Å². The van der Waals surface area contributed by atoms with Crippen molar-refractivity contribution in [2.45, 2.75) is 44.5 Å². The number of fused-ring (bicyclic) bond motifs is 1. The molecule has 0 saturated heterocycles. The van der Waals surface area contributed by atoms with E-state index in [1.54, 1.807) is 0 Å². The molecule has 1 amide bonds. The summed E-state index contributed by atoms with van der Waals surface area (Å²) in [6, 6.07) is -0.288. The van der Waals surface area contributed by atoms with Gasteiger partial charge in [0.25, 0.3) is 18.8 Å². The second-order valence-electron chi connectivity index (χ2n) is 7.44. The summed E-state index contributed by atoms with van der Waals surface area (Å²) in [5.41, 5.74) is -2.42. The molecule has 0 unspecified atom stereocenters. The van der Waals surface area contributed by atoms with Crippen LogP contribution in [0.25, 0.3) is 11.0 Å². The van der Waals surface area contributed by atoms with Gasteiger partial charge in [-0.05, 0) is 24.8 Å². The molecule has 3 aromatic heterocycles. The van der Waals surface area contributed by atoms with Crippen molar-refractivity contribution in [3.8, 4) is 0 Å². The smallest absolute Gasteiger partial charge is 0.340 e. The van der Waals surface area contributed by atoms with Crippen molar-refractivity contribution in [2.24, 2.45) is 5.92 Å². The van der Waals surface area contributed by atoms with Crippen LogP contribution in [0, 0.1) is 5.92 Å². The molecular weight excluding hydrogens is 461 g/mol. The molecule has 176 valence electrons. The average Bonchev–Trinajstić information content (AvgIpc) is 3.53. The molecule has 3 aromatic rings. The molecule has 4 rings (SSSR count). The fourth-order valence-electron chi connectivity index (χ4n) is 3.38. The molecule has 0 aliphatic heterocycles. The van der Waals surface area contributed by atoms with E-state index in [0.29, 0.717) is 18.9 Å². The largest absolute Gasteiger partial charge is 0.433 e. The third kappa shape index (κ3) is 4.88. The monoisotopic (exact) mass is 476 g/mol. The molecule has 1 atom stereocenters. The van der Waals surface area contributed by atoms with E-state index in [1.807, 2.05) is 0 Å². The van der Waals surface area contributed by atoms with E-state index < -0.39 is 48.9 Å². The molecule has 33 heavy (non-hydrogen) atoms. The maximum Gasteiger partial charge on any atom is 0.433 e. The number of alkyl halides is 7. The number of hydrogen-bond donors (Lipinski definition) is 1. The van der Waals surface area contributed by atoms with Crippen molar-refractivity contribution in [3.63, 3.8) is 0 Å². The van der Waals surface area contributed by atoms with Crippen LogP contribution in [0.2, 0.25) is 0 Å². The number of halogens is 7. The summed E-state index contributed by atoms with van der Waals surface area (Å²) >= 11 is 0. The number of amides is 1. The van der Waals surface area contributed by atoms with Crippen molar-refractivity contribution in [2.75, 3.05) is 0 Å². The van der Waals surface area contributed by atoms with Crippen LogP contribution in [0.3, 0.4) is 0 Å². The Balaban J connectivity index is 1.71. The zero-order valence-electron chi connectivity index (χ0n) is 16.5. The Kier molecular flexibility index (Phi) is 5.93. The quantitative estimate of drug-likeness (QED) is 0.514. The maximum atomic E-state index is 13.3. The van der Waals surface area contributed by atoms with Gasteiger partial charge in [-0.2, -0.15) is 13.2 Å². The minimum atomic E-state index is -4.79. The summed E-state index contributed by atoms with van der Waals surface area (Å²) < 4.78 is 92.1. The van der Waals surface area contributed by atoms with Crippen LogP contribution < -0.4 is 5.32 Å². The molecule has 0 radical (unpaired) electrons. The van der Waals surface area contributed by atoms with Gasteiger partial charge in [-0.25, -0.2) is 32.5 Å². The van der Waals surface area contributed by atoms with Gasteiger partial charge in [-0.15, -0.1) is 0 Å². The van der Waals surface area contributed by atoms with Gasteiger partial charge < -0.3 is 9.88 Å².